The molecule has 2 N–H and O–H groups in total. The van der Waals surface area contributed by atoms with Crippen LogP contribution in [0.1, 0.15) is 11.3 Å². The molecule has 0 aliphatic heterocycles. The van der Waals surface area contributed by atoms with E-state index in [4.69, 9.17) is 18.0 Å². The van der Waals surface area contributed by atoms with Gasteiger partial charge in [0, 0.05) is 11.8 Å². The first-order chi connectivity index (χ1) is 8.27. The van der Waals surface area contributed by atoms with E-state index < -0.39 is 0 Å². The first-order valence-corrected chi connectivity index (χ1v) is 5.52. The molecule has 0 amide bonds. The van der Waals surface area contributed by atoms with Crippen molar-refractivity contribution in [2.75, 3.05) is 0 Å². The topological polar surface area (TPSA) is 51.3 Å². The summed E-state index contributed by atoms with van der Waals surface area (Å²) in [4.78, 5) is 8.84. The van der Waals surface area contributed by atoms with E-state index in [0.717, 1.165) is 16.9 Å². The normalized spacial score (nSPS) is 10.6. The van der Waals surface area contributed by atoms with Crippen molar-refractivity contribution in [3.05, 3.63) is 59.9 Å². The van der Waals surface area contributed by atoms with Crippen molar-refractivity contribution in [1.82, 2.24) is 4.98 Å². The zero-order chi connectivity index (χ0) is 12.1. The van der Waals surface area contributed by atoms with Crippen LogP contribution in [0.15, 0.2) is 53.7 Å². The Balaban J connectivity index is 2.30. The lowest BCUT2D eigenvalue weighted by molar-refractivity contribution is 1.30. The van der Waals surface area contributed by atoms with E-state index in [2.05, 4.69) is 9.98 Å². The Morgan fingerprint density at radius 1 is 1.18 bits per heavy atom. The van der Waals surface area contributed by atoms with Crippen LogP contribution >= 0.6 is 12.2 Å². The molecule has 0 unspecified atom stereocenters. The number of rotatable bonds is 3. The second-order valence-corrected chi connectivity index (χ2v) is 3.83. The molecule has 84 valence electrons. The molecular formula is C13H11N3S. The van der Waals surface area contributed by atoms with E-state index in [1.807, 2.05) is 42.5 Å². The standard InChI is InChI=1S/C13H11N3S/c14-13(17)11-6-1-2-7-12(11)16-9-10-5-3-4-8-15-10/h1-9H,(H2,14,17). The predicted octanol–water partition coefficient (Wildman–Crippen LogP) is 2.47. The lowest BCUT2D eigenvalue weighted by Crippen LogP contribution is -2.09. The number of aromatic nitrogens is 1. The van der Waals surface area contributed by atoms with Crippen molar-refractivity contribution in [2.45, 2.75) is 0 Å². The van der Waals surface area contributed by atoms with Crippen LogP contribution in [0, 0.1) is 0 Å². The summed E-state index contributed by atoms with van der Waals surface area (Å²) in [6.45, 7) is 0. The molecule has 0 aliphatic carbocycles. The Morgan fingerprint density at radius 2 is 1.94 bits per heavy atom. The molecule has 0 radical (unpaired) electrons. The molecule has 2 aromatic rings. The van der Waals surface area contributed by atoms with E-state index in [1.54, 1.807) is 12.4 Å². The second kappa shape index (κ2) is 5.32. The molecule has 3 nitrogen and oxygen atoms in total. The third-order valence-corrected chi connectivity index (χ3v) is 2.41. The minimum Gasteiger partial charge on any atom is -0.389 e. The summed E-state index contributed by atoms with van der Waals surface area (Å²) in [5.74, 6) is 0. The molecule has 1 aromatic carbocycles. The molecule has 0 saturated heterocycles. The maximum absolute atomic E-state index is 5.63. The van der Waals surface area contributed by atoms with Gasteiger partial charge in [-0.15, -0.1) is 0 Å². The number of aliphatic imine (C=N–C) groups is 1. The lowest BCUT2D eigenvalue weighted by atomic mass is 10.2. The molecule has 0 saturated carbocycles. The van der Waals surface area contributed by atoms with Crippen molar-refractivity contribution in [3.63, 3.8) is 0 Å². The first kappa shape index (κ1) is 11.4. The van der Waals surface area contributed by atoms with Gasteiger partial charge in [0.15, 0.2) is 0 Å². The number of benzene rings is 1. The lowest BCUT2D eigenvalue weighted by Gasteiger charge is -2.02. The van der Waals surface area contributed by atoms with Gasteiger partial charge in [0.1, 0.15) is 4.99 Å². The molecule has 0 spiro atoms. The summed E-state index contributed by atoms with van der Waals surface area (Å²) in [6.07, 6.45) is 3.41. The Hall–Kier alpha value is -2.07. The minimum atomic E-state index is 0.346. The van der Waals surface area contributed by atoms with Gasteiger partial charge in [0.2, 0.25) is 0 Å². The molecule has 2 rings (SSSR count). The van der Waals surface area contributed by atoms with Gasteiger partial charge in [-0.2, -0.15) is 0 Å². The molecule has 1 heterocycles. The van der Waals surface area contributed by atoms with E-state index in [0.29, 0.717) is 4.99 Å². The summed E-state index contributed by atoms with van der Waals surface area (Å²) < 4.78 is 0. The SMILES string of the molecule is NC(=S)c1ccccc1N=Cc1ccccn1. The van der Waals surface area contributed by atoms with Crippen molar-refractivity contribution in [2.24, 2.45) is 10.7 Å². The van der Waals surface area contributed by atoms with Gasteiger partial charge in [0.05, 0.1) is 17.6 Å². The van der Waals surface area contributed by atoms with Gasteiger partial charge in [-0.05, 0) is 24.3 Å². The summed E-state index contributed by atoms with van der Waals surface area (Å²) in [5.41, 5.74) is 7.95. The fourth-order valence-corrected chi connectivity index (χ4v) is 1.56. The Labute approximate surface area is 105 Å². The quantitative estimate of drug-likeness (QED) is 0.663. The molecular weight excluding hydrogens is 230 g/mol. The highest BCUT2D eigenvalue weighted by molar-refractivity contribution is 7.80. The van der Waals surface area contributed by atoms with Crippen LogP contribution in [0.4, 0.5) is 5.69 Å². The Morgan fingerprint density at radius 3 is 2.65 bits per heavy atom. The molecule has 0 aliphatic rings. The maximum atomic E-state index is 5.63. The van der Waals surface area contributed by atoms with Gasteiger partial charge < -0.3 is 5.73 Å². The van der Waals surface area contributed by atoms with Crippen molar-refractivity contribution < 1.29 is 0 Å². The average molecular weight is 241 g/mol. The first-order valence-electron chi connectivity index (χ1n) is 5.11. The van der Waals surface area contributed by atoms with Gasteiger partial charge in [0.25, 0.3) is 0 Å². The fraction of sp³-hybridized carbons (Fsp3) is 0. The third kappa shape index (κ3) is 2.95. The van der Waals surface area contributed by atoms with Crippen LogP contribution in [0.25, 0.3) is 0 Å². The van der Waals surface area contributed by atoms with E-state index in [1.165, 1.54) is 0 Å². The second-order valence-electron chi connectivity index (χ2n) is 3.39. The average Bonchev–Trinajstić information content (AvgIpc) is 2.38. The third-order valence-electron chi connectivity index (χ3n) is 2.19. The van der Waals surface area contributed by atoms with Crippen LogP contribution in [-0.4, -0.2) is 16.2 Å². The molecule has 1 aromatic heterocycles. The van der Waals surface area contributed by atoms with Crippen molar-refractivity contribution in [3.8, 4) is 0 Å². The van der Waals surface area contributed by atoms with E-state index >= 15 is 0 Å². The van der Waals surface area contributed by atoms with Crippen LogP contribution in [0.3, 0.4) is 0 Å². The number of nitrogens with two attached hydrogens (primary N) is 1. The Kier molecular flexibility index (Phi) is 3.57. The number of hydrogen-bond donors (Lipinski definition) is 1. The van der Waals surface area contributed by atoms with Crippen molar-refractivity contribution >= 4 is 29.1 Å². The van der Waals surface area contributed by atoms with Gasteiger partial charge in [-0.3, -0.25) is 9.98 Å². The summed E-state index contributed by atoms with van der Waals surface area (Å²) in [6, 6.07) is 13.2. The van der Waals surface area contributed by atoms with Crippen LogP contribution in [0.5, 0.6) is 0 Å². The van der Waals surface area contributed by atoms with Crippen LogP contribution < -0.4 is 5.73 Å². The maximum Gasteiger partial charge on any atom is 0.106 e. The fourth-order valence-electron chi connectivity index (χ4n) is 1.38. The minimum absolute atomic E-state index is 0.346. The Bertz CT molecular complexity index is 550. The van der Waals surface area contributed by atoms with Crippen LogP contribution in [0.2, 0.25) is 0 Å². The van der Waals surface area contributed by atoms with E-state index in [-0.39, 0.29) is 0 Å². The van der Waals surface area contributed by atoms with Crippen molar-refractivity contribution in [1.29, 1.82) is 0 Å². The summed E-state index contributed by atoms with van der Waals surface area (Å²) in [7, 11) is 0. The monoisotopic (exact) mass is 241 g/mol. The zero-order valence-electron chi connectivity index (χ0n) is 9.08. The van der Waals surface area contributed by atoms with Gasteiger partial charge in [-0.1, -0.05) is 30.4 Å². The van der Waals surface area contributed by atoms with E-state index in [9.17, 15) is 0 Å². The molecule has 0 atom stereocenters. The molecule has 17 heavy (non-hydrogen) atoms. The highest BCUT2D eigenvalue weighted by atomic mass is 32.1. The molecule has 0 fully saturated rings. The highest BCUT2D eigenvalue weighted by Crippen LogP contribution is 2.18. The molecule has 0 bridgehead atoms. The highest BCUT2D eigenvalue weighted by Gasteiger charge is 2.01. The summed E-state index contributed by atoms with van der Waals surface area (Å²) >= 11 is 4.97. The molecule has 4 heteroatoms. The smallest absolute Gasteiger partial charge is 0.106 e. The number of thiocarbonyl (C=S) groups is 1. The number of pyridine rings is 1. The zero-order valence-corrected chi connectivity index (χ0v) is 9.89. The predicted molar refractivity (Wildman–Crippen MR) is 73.8 cm³/mol. The number of para-hydroxylation sites is 1. The van der Waals surface area contributed by atoms with Gasteiger partial charge >= 0.3 is 0 Å². The van der Waals surface area contributed by atoms with Gasteiger partial charge in [-0.25, -0.2) is 0 Å². The van der Waals surface area contributed by atoms with Crippen LogP contribution in [-0.2, 0) is 0 Å². The largest absolute Gasteiger partial charge is 0.389 e. The number of hydrogen-bond acceptors (Lipinski definition) is 3. The summed E-state index contributed by atoms with van der Waals surface area (Å²) in [5, 5.41) is 0. The number of nitrogens with zero attached hydrogens (tertiary/aromatic N) is 2.